The Morgan fingerprint density at radius 1 is 1.04 bits per heavy atom. The summed E-state index contributed by atoms with van der Waals surface area (Å²) in [6, 6.07) is 16.9. The van der Waals surface area contributed by atoms with E-state index in [-0.39, 0.29) is 36.0 Å². The molecule has 238 valence electrons. The van der Waals surface area contributed by atoms with Crippen LogP contribution in [0.4, 0.5) is 16.3 Å². The number of fused-ring (bicyclic) bond motifs is 1. The zero-order chi connectivity index (χ0) is 32.1. The number of hydrogen-bond acceptors (Lipinski definition) is 6. The molecular weight excluding hydrogens is 568 g/mol. The molecule has 4 amide bonds. The maximum absolute atomic E-state index is 13.7. The van der Waals surface area contributed by atoms with Gasteiger partial charge in [-0.05, 0) is 89.5 Å². The van der Waals surface area contributed by atoms with Gasteiger partial charge in [0.15, 0.2) is 5.82 Å². The molecule has 1 unspecified atom stereocenters. The molecule has 2 heterocycles. The molecule has 0 bridgehead atoms. The molecule has 5 N–H and O–H groups in total. The van der Waals surface area contributed by atoms with Gasteiger partial charge in [-0.3, -0.25) is 14.7 Å². The van der Waals surface area contributed by atoms with Crippen molar-refractivity contribution in [3.8, 4) is 0 Å². The van der Waals surface area contributed by atoms with Gasteiger partial charge in [0.05, 0.1) is 23.8 Å². The summed E-state index contributed by atoms with van der Waals surface area (Å²) in [4.78, 5) is 41.9. The van der Waals surface area contributed by atoms with Gasteiger partial charge in [-0.25, -0.2) is 4.79 Å². The molecule has 1 atom stereocenters. The van der Waals surface area contributed by atoms with Crippen LogP contribution in [0.5, 0.6) is 0 Å². The van der Waals surface area contributed by atoms with Crippen LogP contribution in [-0.4, -0.2) is 70.6 Å². The number of rotatable bonds is 10. The predicted molar refractivity (Wildman–Crippen MR) is 176 cm³/mol. The van der Waals surface area contributed by atoms with Gasteiger partial charge in [0.1, 0.15) is 0 Å². The van der Waals surface area contributed by atoms with Crippen molar-refractivity contribution in [1.29, 1.82) is 0 Å². The van der Waals surface area contributed by atoms with Crippen LogP contribution >= 0.6 is 0 Å². The maximum atomic E-state index is 13.7. The average Bonchev–Trinajstić information content (AvgIpc) is 3.55. The second-order valence-corrected chi connectivity index (χ2v) is 12.7. The summed E-state index contributed by atoms with van der Waals surface area (Å²) < 4.78 is 0. The molecule has 1 aromatic heterocycles. The molecule has 2 aliphatic rings. The smallest absolute Gasteiger partial charge is 0.319 e. The highest BCUT2D eigenvalue weighted by molar-refractivity contribution is 5.99. The van der Waals surface area contributed by atoms with Crippen LogP contribution in [0, 0.1) is 0 Å². The summed E-state index contributed by atoms with van der Waals surface area (Å²) in [6.07, 6.45) is 4.66. The van der Waals surface area contributed by atoms with Gasteiger partial charge in [0.2, 0.25) is 5.91 Å². The third kappa shape index (κ3) is 7.37. The number of nitrogens with one attached hydrogen (secondary N) is 5. The molecule has 3 aromatic rings. The highest BCUT2D eigenvalue weighted by Crippen LogP contribution is 2.41. The van der Waals surface area contributed by atoms with Crippen molar-refractivity contribution in [2.75, 3.05) is 31.3 Å². The molecule has 0 spiro atoms. The Bertz CT molecular complexity index is 1510. The Hall–Kier alpha value is -4.64. The van der Waals surface area contributed by atoms with Crippen molar-refractivity contribution in [3.63, 3.8) is 0 Å². The number of urea groups is 1. The van der Waals surface area contributed by atoms with Crippen molar-refractivity contribution in [2.24, 2.45) is 0 Å². The maximum Gasteiger partial charge on any atom is 0.319 e. The number of nitrogens with zero attached hydrogens (tertiary/aromatic N) is 3. The summed E-state index contributed by atoms with van der Waals surface area (Å²) in [5, 5.41) is 20.5. The third-order valence-corrected chi connectivity index (χ3v) is 8.77. The van der Waals surface area contributed by atoms with Crippen LogP contribution in [0.3, 0.4) is 0 Å². The van der Waals surface area contributed by atoms with Gasteiger partial charge in [-0.15, -0.1) is 0 Å². The van der Waals surface area contributed by atoms with Crippen LogP contribution in [0.2, 0.25) is 0 Å². The van der Waals surface area contributed by atoms with E-state index in [0.717, 1.165) is 48.3 Å². The molecule has 11 heteroatoms. The number of carbonyl (C=O) groups excluding carboxylic acids is 3. The second-order valence-electron chi connectivity index (χ2n) is 12.7. The Labute approximate surface area is 264 Å². The van der Waals surface area contributed by atoms with Gasteiger partial charge < -0.3 is 31.1 Å². The van der Waals surface area contributed by atoms with Gasteiger partial charge in [-0.1, -0.05) is 36.9 Å². The zero-order valence-electron chi connectivity index (χ0n) is 26.5. The Morgan fingerprint density at radius 3 is 2.36 bits per heavy atom. The van der Waals surface area contributed by atoms with E-state index in [1.54, 1.807) is 24.3 Å². The van der Waals surface area contributed by atoms with Crippen LogP contribution in [0.25, 0.3) is 0 Å². The van der Waals surface area contributed by atoms with E-state index < -0.39 is 5.54 Å². The fourth-order valence-corrected chi connectivity index (χ4v) is 6.22. The Morgan fingerprint density at radius 2 is 1.71 bits per heavy atom. The highest BCUT2D eigenvalue weighted by atomic mass is 16.2. The summed E-state index contributed by atoms with van der Waals surface area (Å²) >= 11 is 0. The molecule has 5 rings (SSSR count). The first-order valence-corrected chi connectivity index (χ1v) is 15.5. The number of carbonyl (C=O) groups is 3. The molecule has 1 fully saturated rings. The lowest BCUT2D eigenvalue weighted by Gasteiger charge is -2.34. The summed E-state index contributed by atoms with van der Waals surface area (Å²) in [6.45, 7) is 8.68. The first kappa shape index (κ1) is 31.8. The van der Waals surface area contributed by atoms with Gasteiger partial charge >= 0.3 is 6.03 Å². The van der Waals surface area contributed by atoms with Crippen molar-refractivity contribution >= 4 is 29.4 Å². The number of likely N-dealkylation sites (N-methyl/N-ethyl adjacent to an activating group) is 1. The number of hydrogen-bond donors (Lipinski definition) is 5. The van der Waals surface area contributed by atoms with Crippen LogP contribution in [0.1, 0.15) is 72.8 Å². The molecule has 2 aromatic carbocycles. The Kier molecular flexibility index (Phi) is 9.57. The largest absolute Gasteiger partial charge is 0.366 e. The molecule has 0 radical (unpaired) electrons. The number of aromatic amines is 1. The first-order chi connectivity index (χ1) is 21.5. The average molecular weight is 613 g/mol. The minimum absolute atomic E-state index is 0.0819. The fraction of sp³-hybridized carbons (Fsp3) is 0.412. The van der Waals surface area contributed by atoms with Crippen LogP contribution in [0.15, 0.2) is 67.3 Å². The second kappa shape index (κ2) is 13.6. The summed E-state index contributed by atoms with van der Waals surface area (Å²) in [5.74, 6) is 0.368. The van der Waals surface area contributed by atoms with Crippen molar-refractivity contribution in [1.82, 2.24) is 30.6 Å². The number of anilines is 2. The van der Waals surface area contributed by atoms with E-state index in [4.69, 9.17) is 0 Å². The third-order valence-electron chi connectivity index (χ3n) is 8.77. The number of amides is 4. The van der Waals surface area contributed by atoms with Crippen molar-refractivity contribution in [3.05, 3.63) is 89.6 Å². The van der Waals surface area contributed by atoms with Gasteiger partial charge in [-0.2, -0.15) is 5.10 Å². The quantitative estimate of drug-likeness (QED) is 0.210. The van der Waals surface area contributed by atoms with E-state index in [1.165, 1.54) is 6.08 Å². The molecule has 0 saturated heterocycles. The van der Waals surface area contributed by atoms with E-state index >= 15 is 0 Å². The molecule has 1 saturated carbocycles. The molecule has 1 aliphatic carbocycles. The SMILES string of the molecule is C=CC(=O)Nc1ccc(C(=O)NC2CCC(Nc3n[nH]c4c3CN(C(=O)NC(CN(C)C)c3ccccc3)C4(C)C)CC2)cc1. The molecule has 45 heavy (non-hydrogen) atoms. The number of benzene rings is 2. The van der Waals surface area contributed by atoms with Crippen molar-refractivity contribution < 1.29 is 14.4 Å². The number of H-pyrrole nitrogens is 1. The minimum Gasteiger partial charge on any atom is -0.366 e. The molecular formula is C34H44N8O3. The Balaban J connectivity index is 1.15. The lowest BCUT2D eigenvalue weighted by molar-refractivity contribution is -0.111. The topological polar surface area (TPSA) is 134 Å². The monoisotopic (exact) mass is 612 g/mol. The highest BCUT2D eigenvalue weighted by Gasteiger charge is 2.44. The number of aromatic nitrogens is 2. The lowest BCUT2D eigenvalue weighted by Crippen LogP contribution is -2.48. The predicted octanol–water partition coefficient (Wildman–Crippen LogP) is 4.75. The van der Waals surface area contributed by atoms with E-state index in [9.17, 15) is 14.4 Å². The first-order valence-electron chi connectivity index (χ1n) is 15.5. The normalized spacial score (nSPS) is 19.4. The van der Waals surface area contributed by atoms with Crippen LogP contribution in [-0.2, 0) is 16.9 Å². The molecule has 11 nitrogen and oxygen atoms in total. The minimum atomic E-state index is -0.552. The van der Waals surface area contributed by atoms with Gasteiger partial charge in [0, 0.05) is 35.4 Å². The van der Waals surface area contributed by atoms with Crippen LogP contribution < -0.4 is 21.3 Å². The summed E-state index contributed by atoms with van der Waals surface area (Å²) in [5.41, 5.74) is 3.64. The summed E-state index contributed by atoms with van der Waals surface area (Å²) in [7, 11) is 4.01. The zero-order valence-corrected chi connectivity index (χ0v) is 26.5. The standard InChI is InChI=1S/C34H44N8O3/c1-6-29(43)35-24-14-12-23(13-15-24)32(44)37-26-18-16-25(17-19-26)36-31-27-20-42(34(2,3)30(27)39-40-31)33(45)38-28(21-41(4)5)22-10-8-7-9-11-22/h6-15,25-26,28H,1,16-21H2,2-5H3,(H,35,43)(H,37,44)(H,38,45)(H2,36,39,40). The van der Waals surface area contributed by atoms with E-state index in [1.807, 2.05) is 63.2 Å². The lowest BCUT2D eigenvalue weighted by atomic mass is 9.90. The molecule has 1 aliphatic heterocycles. The van der Waals surface area contributed by atoms with Gasteiger partial charge in [0.25, 0.3) is 5.91 Å². The van der Waals surface area contributed by atoms with Crippen molar-refractivity contribution in [2.45, 2.75) is 69.7 Å². The van der Waals surface area contributed by atoms with E-state index in [0.29, 0.717) is 24.3 Å². The fourth-order valence-electron chi connectivity index (χ4n) is 6.22. The van der Waals surface area contributed by atoms with E-state index in [2.05, 4.69) is 42.9 Å².